The van der Waals surface area contributed by atoms with E-state index < -0.39 is 24.9 Å². The maximum atomic E-state index is 10.6. The second kappa shape index (κ2) is 31.8. The molecule has 0 amide bonds. The number of quaternary nitrogens is 1. The highest BCUT2D eigenvalue weighted by Crippen LogP contribution is 2.18. The van der Waals surface area contributed by atoms with Crippen LogP contribution in [0.3, 0.4) is 0 Å². The van der Waals surface area contributed by atoms with Gasteiger partial charge in [0, 0.05) is 0 Å². The van der Waals surface area contributed by atoms with Gasteiger partial charge in [0.25, 0.3) is 0 Å². The van der Waals surface area contributed by atoms with E-state index in [9.17, 15) is 20.4 Å². The summed E-state index contributed by atoms with van der Waals surface area (Å²) in [6, 6.07) is 0. The lowest BCUT2D eigenvalue weighted by Gasteiger charge is -2.38. The summed E-state index contributed by atoms with van der Waals surface area (Å²) >= 11 is 0. The molecule has 0 aromatic rings. The molecule has 260 valence electrons. The predicted molar refractivity (Wildman–Crippen MR) is 187 cm³/mol. The highest BCUT2D eigenvalue weighted by atomic mass is 16.4. The standard InChI is InChI=1S/C38H80NO4/c1-4-6-8-10-12-14-16-18-20-22-24-26-28-30-32-39(3,34-36(41)38(43)37(42)35-40)33-31-29-27-25-23-21-19-17-15-13-11-9-7-5-2/h36-38,40-43H,4-35H2,1-3H3/q+1. The highest BCUT2D eigenvalue weighted by Gasteiger charge is 2.32. The fourth-order valence-electron chi connectivity index (χ4n) is 6.59. The molecule has 3 atom stereocenters. The number of unbranched alkanes of at least 4 members (excludes halogenated alkanes) is 26. The van der Waals surface area contributed by atoms with Crippen LogP contribution in [0.4, 0.5) is 0 Å². The van der Waals surface area contributed by atoms with Gasteiger partial charge in [0.1, 0.15) is 24.9 Å². The topological polar surface area (TPSA) is 80.9 Å². The van der Waals surface area contributed by atoms with Gasteiger partial charge < -0.3 is 24.9 Å². The minimum Gasteiger partial charge on any atom is -0.394 e. The fourth-order valence-corrected chi connectivity index (χ4v) is 6.59. The third-order valence-corrected chi connectivity index (χ3v) is 9.71. The van der Waals surface area contributed by atoms with Crippen molar-refractivity contribution in [3.63, 3.8) is 0 Å². The van der Waals surface area contributed by atoms with E-state index in [4.69, 9.17) is 0 Å². The Hall–Kier alpha value is -0.200. The van der Waals surface area contributed by atoms with Gasteiger partial charge in [-0.3, -0.25) is 0 Å². The molecular formula is C38H80NO4+. The first-order valence-electron chi connectivity index (χ1n) is 19.4. The quantitative estimate of drug-likeness (QED) is 0.0423. The number of nitrogens with zero attached hydrogens (tertiary/aromatic N) is 1. The van der Waals surface area contributed by atoms with E-state index in [0.717, 1.165) is 30.4 Å². The molecule has 0 bridgehead atoms. The van der Waals surface area contributed by atoms with Gasteiger partial charge in [0.2, 0.25) is 0 Å². The van der Waals surface area contributed by atoms with Gasteiger partial charge in [-0.2, -0.15) is 0 Å². The Morgan fingerprint density at radius 1 is 0.395 bits per heavy atom. The van der Waals surface area contributed by atoms with E-state index in [1.165, 1.54) is 167 Å². The van der Waals surface area contributed by atoms with Crippen LogP contribution in [0.2, 0.25) is 0 Å². The summed E-state index contributed by atoms with van der Waals surface area (Å²) in [5, 5.41) is 40.0. The largest absolute Gasteiger partial charge is 0.394 e. The van der Waals surface area contributed by atoms with E-state index in [0.29, 0.717) is 6.54 Å². The zero-order valence-electron chi connectivity index (χ0n) is 29.6. The van der Waals surface area contributed by atoms with Crippen LogP contribution in [0, 0.1) is 0 Å². The summed E-state index contributed by atoms with van der Waals surface area (Å²) in [6.45, 7) is 6.45. The maximum absolute atomic E-state index is 10.6. The van der Waals surface area contributed by atoms with Crippen LogP contribution in [-0.2, 0) is 0 Å². The van der Waals surface area contributed by atoms with E-state index in [-0.39, 0.29) is 0 Å². The summed E-state index contributed by atoms with van der Waals surface area (Å²) in [7, 11) is 2.20. The molecule has 4 N–H and O–H groups in total. The minimum atomic E-state index is -1.30. The molecule has 0 aromatic heterocycles. The first-order valence-corrected chi connectivity index (χ1v) is 19.4. The Morgan fingerprint density at radius 3 is 0.907 bits per heavy atom. The average molecular weight is 615 g/mol. The molecule has 0 saturated carbocycles. The van der Waals surface area contributed by atoms with Crippen LogP contribution in [0.25, 0.3) is 0 Å². The number of hydrogen-bond donors (Lipinski definition) is 4. The molecule has 0 aliphatic heterocycles. The Kier molecular flexibility index (Phi) is 31.6. The first-order chi connectivity index (χ1) is 20.9. The van der Waals surface area contributed by atoms with Crippen molar-refractivity contribution in [2.24, 2.45) is 0 Å². The number of hydrogen-bond acceptors (Lipinski definition) is 4. The number of rotatable bonds is 35. The van der Waals surface area contributed by atoms with Crippen molar-refractivity contribution in [2.75, 3.05) is 33.3 Å². The van der Waals surface area contributed by atoms with Gasteiger partial charge in [0.15, 0.2) is 0 Å². The Labute approximate surface area is 269 Å². The molecule has 0 aliphatic rings. The van der Waals surface area contributed by atoms with Crippen molar-refractivity contribution in [2.45, 2.75) is 212 Å². The van der Waals surface area contributed by atoms with Gasteiger partial charge >= 0.3 is 0 Å². The second-order valence-corrected chi connectivity index (χ2v) is 14.2. The van der Waals surface area contributed by atoms with Gasteiger partial charge in [-0.05, 0) is 25.7 Å². The van der Waals surface area contributed by atoms with E-state index in [2.05, 4.69) is 20.9 Å². The highest BCUT2D eigenvalue weighted by molar-refractivity contribution is 4.74. The Balaban J connectivity index is 4.13. The maximum Gasteiger partial charge on any atom is 0.131 e. The molecule has 43 heavy (non-hydrogen) atoms. The zero-order chi connectivity index (χ0) is 31.9. The Bertz CT molecular complexity index is 514. The molecule has 0 rings (SSSR count). The third-order valence-electron chi connectivity index (χ3n) is 9.71. The molecule has 0 heterocycles. The summed E-state index contributed by atoms with van der Waals surface area (Å²) in [6.07, 6.45) is 34.1. The van der Waals surface area contributed by atoms with Crippen molar-refractivity contribution in [3.05, 3.63) is 0 Å². The molecule has 3 unspecified atom stereocenters. The monoisotopic (exact) mass is 615 g/mol. The summed E-state index contributed by atoms with van der Waals surface area (Å²) in [5.74, 6) is 0. The zero-order valence-corrected chi connectivity index (χ0v) is 29.6. The van der Waals surface area contributed by atoms with E-state index >= 15 is 0 Å². The second-order valence-electron chi connectivity index (χ2n) is 14.2. The van der Waals surface area contributed by atoms with Crippen LogP contribution < -0.4 is 0 Å². The average Bonchev–Trinajstić information content (AvgIpc) is 3.00. The van der Waals surface area contributed by atoms with Gasteiger partial charge in [0.05, 0.1) is 26.7 Å². The van der Waals surface area contributed by atoms with Crippen molar-refractivity contribution < 1.29 is 24.9 Å². The van der Waals surface area contributed by atoms with Gasteiger partial charge in [-0.15, -0.1) is 0 Å². The van der Waals surface area contributed by atoms with Crippen LogP contribution in [0.1, 0.15) is 194 Å². The van der Waals surface area contributed by atoms with Crippen LogP contribution in [0.5, 0.6) is 0 Å². The molecule has 5 nitrogen and oxygen atoms in total. The molecule has 0 aromatic carbocycles. The first kappa shape index (κ1) is 42.8. The number of aliphatic hydroxyl groups excluding tert-OH is 4. The van der Waals surface area contributed by atoms with E-state index in [1.54, 1.807) is 0 Å². The smallest absolute Gasteiger partial charge is 0.131 e. The molecule has 0 spiro atoms. The lowest BCUT2D eigenvalue weighted by atomic mass is 10.0. The molecule has 5 heteroatoms. The van der Waals surface area contributed by atoms with Gasteiger partial charge in [-0.25, -0.2) is 0 Å². The summed E-state index contributed by atoms with van der Waals surface area (Å²) in [4.78, 5) is 0. The molecular weight excluding hydrogens is 534 g/mol. The van der Waals surface area contributed by atoms with Crippen LogP contribution in [0.15, 0.2) is 0 Å². The van der Waals surface area contributed by atoms with Gasteiger partial charge in [-0.1, -0.05) is 168 Å². The lowest BCUT2D eigenvalue weighted by molar-refractivity contribution is -0.913. The summed E-state index contributed by atoms with van der Waals surface area (Å²) in [5.41, 5.74) is 0. The molecule has 0 radical (unpaired) electrons. The van der Waals surface area contributed by atoms with E-state index in [1.807, 2.05) is 0 Å². The lowest BCUT2D eigenvalue weighted by Crippen LogP contribution is -2.54. The van der Waals surface area contributed by atoms with Crippen molar-refractivity contribution in [3.8, 4) is 0 Å². The van der Waals surface area contributed by atoms with Crippen molar-refractivity contribution in [1.82, 2.24) is 0 Å². The normalized spacial score (nSPS) is 14.3. The summed E-state index contributed by atoms with van der Waals surface area (Å²) < 4.78 is 0.729. The molecule has 0 fully saturated rings. The van der Waals surface area contributed by atoms with Crippen LogP contribution in [-0.4, -0.2) is 76.5 Å². The fraction of sp³-hybridized carbons (Fsp3) is 1.00. The van der Waals surface area contributed by atoms with Crippen LogP contribution >= 0.6 is 0 Å². The minimum absolute atomic E-state index is 0.426. The third kappa shape index (κ3) is 27.8. The predicted octanol–water partition coefficient (Wildman–Crippen LogP) is 9.47. The van der Waals surface area contributed by atoms with Crippen molar-refractivity contribution in [1.29, 1.82) is 0 Å². The number of aliphatic hydroxyl groups is 4. The molecule has 0 aliphatic carbocycles. The van der Waals surface area contributed by atoms with Crippen molar-refractivity contribution >= 4 is 0 Å². The Morgan fingerprint density at radius 2 is 0.651 bits per heavy atom. The number of likely N-dealkylation sites (N-methyl/N-ethyl adjacent to an activating group) is 1. The molecule has 0 saturated heterocycles. The SMILES string of the molecule is CCCCCCCCCCCCCCCC[N+](C)(CCCCCCCCCCCCCCCC)CC(O)C(O)C(O)CO.